The van der Waals surface area contributed by atoms with E-state index in [0.717, 1.165) is 17.8 Å². The molecular formula is C24H29IN4O4. The van der Waals surface area contributed by atoms with Gasteiger partial charge < -0.3 is 29.8 Å². The molecule has 33 heavy (non-hydrogen) atoms. The van der Waals surface area contributed by atoms with E-state index in [1.54, 1.807) is 19.2 Å². The lowest BCUT2D eigenvalue weighted by molar-refractivity contribution is 0.0996. The third-order valence-corrected chi connectivity index (χ3v) is 4.45. The van der Waals surface area contributed by atoms with Crippen molar-refractivity contribution in [1.82, 2.24) is 5.32 Å². The van der Waals surface area contributed by atoms with E-state index in [0.29, 0.717) is 36.3 Å². The van der Waals surface area contributed by atoms with Gasteiger partial charge in [-0.3, -0.25) is 4.79 Å². The van der Waals surface area contributed by atoms with Gasteiger partial charge in [-0.25, -0.2) is 4.99 Å². The lowest BCUT2D eigenvalue weighted by Crippen LogP contribution is -2.30. The van der Waals surface area contributed by atoms with Crippen molar-refractivity contribution in [3.63, 3.8) is 0 Å². The predicted molar refractivity (Wildman–Crippen MR) is 141 cm³/mol. The highest BCUT2D eigenvalue weighted by Crippen LogP contribution is 2.30. The third-order valence-electron chi connectivity index (χ3n) is 4.45. The molecule has 0 radical (unpaired) electrons. The number of guanidine groups is 1. The Hall–Kier alpha value is -3.21. The number of hydrogen-bond acceptors (Lipinski definition) is 5. The first-order chi connectivity index (χ1) is 15.6. The van der Waals surface area contributed by atoms with Crippen LogP contribution >= 0.6 is 24.0 Å². The molecule has 1 amide bonds. The molecule has 3 N–H and O–H groups in total. The smallest absolute Gasteiger partial charge is 0.291 e. The molecule has 0 spiro atoms. The van der Waals surface area contributed by atoms with Crippen molar-refractivity contribution in [3.05, 3.63) is 72.2 Å². The number of hydrogen-bond donors (Lipinski definition) is 3. The van der Waals surface area contributed by atoms with E-state index >= 15 is 0 Å². The van der Waals surface area contributed by atoms with Crippen molar-refractivity contribution in [2.75, 3.05) is 30.9 Å². The number of nitrogens with zero attached hydrogens (tertiary/aromatic N) is 1. The molecule has 176 valence electrons. The van der Waals surface area contributed by atoms with Gasteiger partial charge in [0.05, 0.1) is 26.5 Å². The first-order valence-electron chi connectivity index (χ1n) is 10.4. The number of methoxy groups -OCH3 is 1. The van der Waals surface area contributed by atoms with Crippen molar-refractivity contribution in [3.8, 4) is 11.5 Å². The fourth-order valence-corrected chi connectivity index (χ4v) is 2.93. The second-order valence-electron chi connectivity index (χ2n) is 6.75. The van der Waals surface area contributed by atoms with Crippen molar-refractivity contribution in [1.29, 1.82) is 0 Å². The average Bonchev–Trinajstić information content (AvgIpc) is 3.34. The zero-order chi connectivity index (χ0) is 22.8. The van der Waals surface area contributed by atoms with Gasteiger partial charge in [0.2, 0.25) is 0 Å². The second kappa shape index (κ2) is 13.4. The van der Waals surface area contributed by atoms with Crippen LogP contribution in [0, 0.1) is 0 Å². The summed E-state index contributed by atoms with van der Waals surface area (Å²) in [6.45, 7) is 5.67. The minimum Gasteiger partial charge on any atom is -0.493 e. The second-order valence-corrected chi connectivity index (χ2v) is 6.75. The number of benzene rings is 2. The summed E-state index contributed by atoms with van der Waals surface area (Å²) >= 11 is 0. The summed E-state index contributed by atoms with van der Waals surface area (Å²) in [6, 6.07) is 16.5. The van der Waals surface area contributed by atoms with Crippen LogP contribution in [0.15, 0.2) is 70.3 Å². The summed E-state index contributed by atoms with van der Waals surface area (Å²) in [5.41, 5.74) is 2.53. The number of halogens is 1. The van der Waals surface area contributed by atoms with Gasteiger partial charge >= 0.3 is 0 Å². The number of ether oxygens (including phenoxy) is 2. The van der Waals surface area contributed by atoms with Gasteiger partial charge in [0.15, 0.2) is 23.2 Å². The maximum atomic E-state index is 12.1. The fraction of sp³-hybridized carbons (Fsp3) is 0.250. The number of aliphatic imine (C=N–C) groups is 1. The standard InChI is InChI=1S/C24H28N4O4.HI/c1-4-25-24(28-19-12-13-20(30-3)22(15-19)31-5-2)26-16-17-8-10-18(11-9-17)27-23(29)21-7-6-14-32-21;/h6-15H,4-5,16H2,1-3H3,(H,27,29)(H2,25,26,28);1H. The van der Waals surface area contributed by atoms with Crippen molar-refractivity contribution >= 4 is 47.2 Å². The van der Waals surface area contributed by atoms with E-state index in [-0.39, 0.29) is 35.6 Å². The molecule has 1 aromatic heterocycles. The largest absolute Gasteiger partial charge is 0.493 e. The van der Waals surface area contributed by atoms with Crippen LogP contribution in [0.4, 0.5) is 11.4 Å². The van der Waals surface area contributed by atoms with Gasteiger partial charge in [-0.2, -0.15) is 0 Å². The van der Waals surface area contributed by atoms with Gasteiger partial charge in [-0.15, -0.1) is 24.0 Å². The molecule has 2 aromatic carbocycles. The Balaban J connectivity index is 0.00000385. The Bertz CT molecular complexity index is 1040. The van der Waals surface area contributed by atoms with Gasteiger partial charge in [0.25, 0.3) is 5.91 Å². The Morgan fingerprint density at radius 1 is 1.00 bits per heavy atom. The highest BCUT2D eigenvalue weighted by molar-refractivity contribution is 14.0. The van der Waals surface area contributed by atoms with Crippen LogP contribution in [0.3, 0.4) is 0 Å². The Morgan fingerprint density at radius 3 is 2.39 bits per heavy atom. The quantitative estimate of drug-likeness (QED) is 0.189. The number of anilines is 2. The molecule has 8 nitrogen and oxygen atoms in total. The molecule has 9 heteroatoms. The molecule has 0 bridgehead atoms. The normalized spacial score (nSPS) is 10.7. The topological polar surface area (TPSA) is 97.1 Å². The van der Waals surface area contributed by atoms with Crippen LogP contribution < -0.4 is 25.4 Å². The first kappa shape index (κ1) is 26.0. The molecule has 3 aromatic rings. The van der Waals surface area contributed by atoms with Gasteiger partial charge in [0.1, 0.15) is 0 Å². The average molecular weight is 564 g/mol. The van der Waals surface area contributed by atoms with Gasteiger partial charge in [-0.1, -0.05) is 12.1 Å². The summed E-state index contributed by atoms with van der Waals surface area (Å²) in [5, 5.41) is 9.32. The monoisotopic (exact) mass is 564 g/mol. The number of carbonyl (C=O) groups excluding carboxylic acids is 1. The van der Waals surface area contributed by atoms with E-state index in [2.05, 4.69) is 20.9 Å². The van der Waals surface area contributed by atoms with Crippen LogP contribution in [0.5, 0.6) is 11.5 Å². The zero-order valence-electron chi connectivity index (χ0n) is 18.9. The SMILES string of the molecule is CCNC(=NCc1ccc(NC(=O)c2ccco2)cc1)Nc1ccc(OC)c(OCC)c1.I. The molecule has 1 heterocycles. The summed E-state index contributed by atoms with van der Waals surface area (Å²) < 4.78 is 16.1. The molecule has 3 rings (SSSR count). The molecule has 0 saturated heterocycles. The fourth-order valence-electron chi connectivity index (χ4n) is 2.93. The minimum atomic E-state index is -0.287. The van der Waals surface area contributed by atoms with Gasteiger partial charge in [-0.05, 0) is 55.8 Å². The van der Waals surface area contributed by atoms with Crippen molar-refractivity contribution < 1.29 is 18.7 Å². The maximum absolute atomic E-state index is 12.1. The molecule has 0 aliphatic carbocycles. The molecule has 0 fully saturated rings. The Kier molecular flexibility index (Phi) is 10.5. The lowest BCUT2D eigenvalue weighted by atomic mass is 10.2. The van der Waals surface area contributed by atoms with E-state index in [1.165, 1.54) is 6.26 Å². The van der Waals surface area contributed by atoms with Crippen LogP contribution in [0.25, 0.3) is 0 Å². The highest BCUT2D eigenvalue weighted by Gasteiger charge is 2.09. The third kappa shape index (κ3) is 7.70. The minimum absolute atomic E-state index is 0. The van der Waals surface area contributed by atoms with Crippen LogP contribution in [-0.4, -0.2) is 32.1 Å². The van der Waals surface area contributed by atoms with E-state index < -0.39 is 0 Å². The molecule has 0 aliphatic rings. The van der Waals surface area contributed by atoms with Gasteiger partial charge in [0, 0.05) is 24.0 Å². The number of furan rings is 1. The van der Waals surface area contributed by atoms with Crippen molar-refractivity contribution in [2.24, 2.45) is 4.99 Å². The lowest BCUT2D eigenvalue weighted by Gasteiger charge is -2.14. The number of rotatable bonds is 9. The van der Waals surface area contributed by atoms with Crippen LogP contribution in [-0.2, 0) is 6.54 Å². The number of nitrogens with one attached hydrogen (secondary N) is 3. The zero-order valence-corrected chi connectivity index (χ0v) is 21.2. The van der Waals surface area contributed by atoms with Crippen LogP contribution in [0.1, 0.15) is 30.0 Å². The summed E-state index contributed by atoms with van der Waals surface area (Å²) in [4.78, 5) is 16.7. The Morgan fingerprint density at radius 2 is 1.76 bits per heavy atom. The Labute approximate surface area is 210 Å². The molecular weight excluding hydrogens is 535 g/mol. The van der Waals surface area contributed by atoms with Crippen molar-refractivity contribution in [2.45, 2.75) is 20.4 Å². The molecule has 0 atom stereocenters. The summed E-state index contributed by atoms with van der Waals surface area (Å²) in [6.07, 6.45) is 1.47. The predicted octanol–water partition coefficient (Wildman–Crippen LogP) is 5.13. The molecule has 0 saturated carbocycles. The number of amides is 1. The first-order valence-corrected chi connectivity index (χ1v) is 10.4. The number of carbonyl (C=O) groups is 1. The van der Waals surface area contributed by atoms with E-state index in [9.17, 15) is 4.79 Å². The maximum Gasteiger partial charge on any atom is 0.291 e. The summed E-state index contributed by atoms with van der Waals surface area (Å²) in [5.74, 6) is 1.98. The van der Waals surface area contributed by atoms with E-state index in [4.69, 9.17) is 13.9 Å². The molecule has 0 unspecified atom stereocenters. The van der Waals surface area contributed by atoms with E-state index in [1.807, 2.05) is 56.3 Å². The van der Waals surface area contributed by atoms with Crippen LogP contribution in [0.2, 0.25) is 0 Å². The molecule has 0 aliphatic heterocycles. The summed E-state index contributed by atoms with van der Waals surface area (Å²) in [7, 11) is 1.62. The highest BCUT2D eigenvalue weighted by atomic mass is 127.